The lowest BCUT2D eigenvalue weighted by Crippen LogP contribution is -1.87. The molecular formula is C22H14ClN3O3. The van der Waals surface area contributed by atoms with Crippen molar-refractivity contribution in [3.63, 3.8) is 0 Å². The molecule has 0 aliphatic heterocycles. The summed E-state index contributed by atoms with van der Waals surface area (Å²) in [6.45, 7) is 0. The first-order valence-corrected chi connectivity index (χ1v) is 9.08. The van der Waals surface area contributed by atoms with E-state index in [0.29, 0.717) is 27.7 Å². The summed E-state index contributed by atoms with van der Waals surface area (Å²) in [7, 11) is 0. The van der Waals surface area contributed by atoms with Gasteiger partial charge in [-0.25, -0.2) is 4.98 Å². The Kier molecular flexibility index (Phi) is 5.18. The summed E-state index contributed by atoms with van der Waals surface area (Å²) in [5, 5.41) is 11.4. The number of nitrogens with zero attached hydrogens (tertiary/aromatic N) is 3. The highest BCUT2D eigenvalue weighted by Crippen LogP contribution is 2.28. The minimum atomic E-state index is -0.420. The lowest BCUT2D eigenvalue weighted by atomic mass is 10.2. The number of rotatable bonds is 5. The van der Waals surface area contributed by atoms with Gasteiger partial charge in [-0.3, -0.25) is 15.1 Å². The Hall–Kier alpha value is -3.77. The molecule has 0 aliphatic carbocycles. The number of nitro benzene ring substituents is 1. The maximum atomic E-state index is 10.8. The van der Waals surface area contributed by atoms with Crippen LogP contribution in [0.2, 0.25) is 5.02 Å². The molecule has 4 aromatic rings. The molecule has 1 aromatic heterocycles. The predicted octanol–water partition coefficient (Wildman–Crippen LogP) is 6.47. The maximum absolute atomic E-state index is 10.8. The zero-order chi connectivity index (χ0) is 20.2. The lowest BCUT2D eigenvalue weighted by Gasteiger charge is -1.94. The van der Waals surface area contributed by atoms with Crippen LogP contribution in [0.4, 0.5) is 11.4 Å². The second kappa shape index (κ2) is 8.08. The fourth-order valence-corrected chi connectivity index (χ4v) is 2.96. The summed E-state index contributed by atoms with van der Waals surface area (Å²) in [4.78, 5) is 19.3. The molecule has 0 fully saturated rings. The van der Waals surface area contributed by atoms with Gasteiger partial charge in [0, 0.05) is 28.9 Å². The van der Waals surface area contributed by atoms with Crippen molar-refractivity contribution >= 4 is 46.4 Å². The van der Waals surface area contributed by atoms with Gasteiger partial charge in [0.15, 0.2) is 5.58 Å². The number of fused-ring (bicyclic) bond motifs is 1. The molecule has 0 spiro atoms. The fourth-order valence-electron chi connectivity index (χ4n) is 2.77. The van der Waals surface area contributed by atoms with Crippen molar-refractivity contribution in [3.8, 4) is 11.5 Å². The molecule has 0 saturated carbocycles. The van der Waals surface area contributed by atoms with E-state index in [1.165, 1.54) is 12.1 Å². The van der Waals surface area contributed by atoms with E-state index in [1.54, 1.807) is 42.6 Å². The van der Waals surface area contributed by atoms with Crippen LogP contribution >= 0.6 is 11.6 Å². The van der Waals surface area contributed by atoms with Crippen LogP contribution in [0.1, 0.15) is 5.56 Å². The van der Waals surface area contributed by atoms with Crippen molar-refractivity contribution in [2.24, 2.45) is 4.99 Å². The number of allylic oxidation sites excluding steroid dienone is 1. The van der Waals surface area contributed by atoms with E-state index in [2.05, 4.69) is 9.98 Å². The third kappa shape index (κ3) is 4.39. The molecule has 0 saturated heterocycles. The Balaban J connectivity index is 1.52. The van der Waals surface area contributed by atoms with E-state index >= 15 is 0 Å². The number of halogens is 1. The molecule has 142 valence electrons. The maximum Gasteiger partial charge on any atom is 0.270 e. The first-order chi connectivity index (χ1) is 14.1. The van der Waals surface area contributed by atoms with E-state index in [1.807, 2.05) is 30.3 Å². The Morgan fingerprint density at radius 2 is 1.93 bits per heavy atom. The van der Waals surface area contributed by atoms with Crippen molar-refractivity contribution < 1.29 is 9.34 Å². The summed E-state index contributed by atoms with van der Waals surface area (Å²) in [6, 6.07) is 19.2. The highest BCUT2D eigenvalue weighted by atomic mass is 35.5. The Morgan fingerprint density at radius 3 is 2.76 bits per heavy atom. The average Bonchev–Trinajstić information content (AvgIpc) is 3.15. The molecule has 0 atom stereocenters. The smallest absolute Gasteiger partial charge is 0.270 e. The second-order valence-corrected chi connectivity index (χ2v) is 6.61. The second-order valence-electron chi connectivity index (χ2n) is 6.17. The first-order valence-electron chi connectivity index (χ1n) is 8.70. The topological polar surface area (TPSA) is 81.5 Å². The SMILES string of the molecule is O=[N+]([O-])c1cccc(/C=C/C=Nc2ccc3oc(-c4cccc(Cl)c4)nc3c2)c1. The summed E-state index contributed by atoms with van der Waals surface area (Å²) >= 11 is 6.03. The van der Waals surface area contributed by atoms with E-state index in [4.69, 9.17) is 16.0 Å². The van der Waals surface area contributed by atoms with Crippen LogP contribution in [0, 0.1) is 10.1 Å². The third-order valence-electron chi connectivity index (χ3n) is 4.12. The molecule has 0 aliphatic rings. The first kappa shape index (κ1) is 18.6. The van der Waals surface area contributed by atoms with Crippen molar-refractivity contribution in [2.75, 3.05) is 0 Å². The summed E-state index contributed by atoms with van der Waals surface area (Å²) in [5.41, 5.74) is 3.65. The molecule has 7 heteroatoms. The van der Waals surface area contributed by atoms with Crippen LogP contribution in [-0.2, 0) is 0 Å². The zero-order valence-electron chi connectivity index (χ0n) is 15.0. The standard InChI is InChI=1S/C22H14ClN3O3/c23-17-7-2-6-16(13-17)22-25-20-14-18(9-10-21(20)29-22)24-11-3-5-15-4-1-8-19(12-15)26(27)28/h1-14H/b5-3+,24-11?. The molecule has 1 heterocycles. The van der Waals surface area contributed by atoms with Crippen LogP contribution < -0.4 is 0 Å². The Labute approximate surface area is 170 Å². The van der Waals surface area contributed by atoms with Crippen molar-refractivity contribution in [1.82, 2.24) is 4.98 Å². The van der Waals surface area contributed by atoms with E-state index in [9.17, 15) is 10.1 Å². The Morgan fingerprint density at radius 1 is 1.07 bits per heavy atom. The van der Waals surface area contributed by atoms with Gasteiger partial charge >= 0.3 is 0 Å². The molecule has 4 rings (SSSR count). The summed E-state index contributed by atoms with van der Waals surface area (Å²) in [5.74, 6) is 0.495. The van der Waals surface area contributed by atoms with Gasteiger partial charge in [0.2, 0.25) is 5.89 Å². The molecule has 3 aromatic carbocycles. The van der Waals surface area contributed by atoms with Crippen molar-refractivity contribution in [1.29, 1.82) is 0 Å². The number of benzene rings is 3. The summed E-state index contributed by atoms with van der Waals surface area (Å²) in [6.07, 6.45) is 5.10. The van der Waals surface area contributed by atoms with Gasteiger partial charge in [0.1, 0.15) is 5.52 Å². The van der Waals surface area contributed by atoms with Crippen LogP contribution in [0.5, 0.6) is 0 Å². The number of non-ortho nitro benzene ring substituents is 1. The predicted molar refractivity (Wildman–Crippen MR) is 115 cm³/mol. The van der Waals surface area contributed by atoms with Gasteiger partial charge in [-0.2, -0.15) is 0 Å². The van der Waals surface area contributed by atoms with Crippen molar-refractivity contribution in [3.05, 3.63) is 93.5 Å². The molecular weight excluding hydrogens is 390 g/mol. The highest BCUT2D eigenvalue weighted by Gasteiger charge is 2.09. The van der Waals surface area contributed by atoms with Gasteiger partial charge < -0.3 is 4.42 Å². The minimum Gasteiger partial charge on any atom is -0.436 e. The van der Waals surface area contributed by atoms with E-state index < -0.39 is 4.92 Å². The number of nitro groups is 1. The molecule has 6 nitrogen and oxygen atoms in total. The van der Waals surface area contributed by atoms with E-state index in [-0.39, 0.29) is 5.69 Å². The van der Waals surface area contributed by atoms with Crippen molar-refractivity contribution in [2.45, 2.75) is 0 Å². The quantitative estimate of drug-likeness (QED) is 0.217. The molecule has 0 unspecified atom stereocenters. The molecule has 0 N–H and O–H groups in total. The molecule has 29 heavy (non-hydrogen) atoms. The largest absolute Gasteiger partial charge is 0.436 e. The zero-order valence-corrected chi connectivity index (χ0v) is 15.8. The fraction of sp³-hybridized carbons (Fsp3) is 0. The third-order valence-corrected chi connectivity index (χ3v) is 4.36. The highest BCUT2D eigenvalue weighted by molar-refractivity contribution is 6.30. The molecule has 0 amide bonds. The summed E-state index contributed by atoms with van der Waals surface area (Å²) < 4.78 is 5.79. The van der Waals surface area contributed by atoms with Gasteiger partial charge in [-0.05, 0) is 48.0 Å². The van der Waals surface area contributed by atoms with Crippen LogP contribution in [-0.4, -0.2) is 16.1 Å². The van der Waals surface area contributed by atoms with Crippen LogP contribution in [0.15, 0.2) is 82.2 Å². The number of oxazole rings is 1. The van der Waals surface area contributed by atoms with Gasteiger partial charge in [0.25, 0.3) is 5.69 Å². The normalized spacial score (nSPS) is 11.6. The number of aliphatic imine (C=N–C) groups is 1. The van der Waals surface area contributed by atoms with Crippen LogP contribution in [0.3, 0.4) is 0 Å². The van der Waals surface area contributed by atoms with Gasteiger partial charge in [-0.15, -0.1) is 0 Å². The van der Waals surface area contributed by atoms with Gasteiger partial charge in [0.05, 0.1) is 10.6 Å². The monoisotopic (exact) mass is 403 g/mol. The van der Waals surface area contributed by atoms with Crippen LogP contribution in [0.25, 0.3) is 28.6 Å². The molecule has 0 bridgehead atoms. The van der Waals surface area contributed by atoms with E-state index in [0.717, 1.165) is 11.1 Å². The number of aromatic nitrogens is 1. The molecule has 0 radical (unpaired) electrons. The van der Waals surface area contributed by atoms with Gasteiger partial charge in [-0.1, -0.05) is 35.9 Å². The number of hydrogen-bond acceptors (Lipinski definition) is 5. The average molecular weight is 404 g/mol. The Bertz CT molecular complexity index is 1260. The lowest BCUT2D eigenvalue weighted by molar-refractivity contribution is -0.384. The number of hydrogen-bond donors (Lipinski definition) is 0. The minimum absolute atomic E-state index is 0.0519.